The number of aromatic amines is 1. The molecule has 1 aliphatic rings. The summed E-state index contributed by atoms with van der Waals surface area (Å²) < 4.78 is 5.19. The molecule has 0 bridgehead atoms. The molecule has 1 aliphatic heterocycles. The topological polar surface area (TPSA) is 91.2 Å². The molecule has 27 heavy (non-hydrogen) atoms. The summed E-state index contributed by atoms with van der Waals surface area (Å²) in [4.78, 5) is 26.7. The molecule has 1 aromatic carbocycles. The van der Waals surface area contributed by atoms with Gasteiger partial charge in [0.1, 0.15) is 0 Å². The number of hydrogen-bond acceptors (Lipinski definition) is 4. The minimum absolute atomic E-state index is 0.0718. The van der Waals surface area contributed by atoms with Crippen molar-refractivity contribution in [2.24, 2.45) is 0 Å². The highest BCUT2D eigenvalue weighted by molar-refractivity contribution is 5.95. The zero-order valence-corrected chi connectivity index (χ0v) is 14.7. The van der Waals surface area contributed by atoms with E-state index in [0.717, 1.165) is 24.1 Å². The van der Waals surface area contributed by atoms with Gasteiger partial charge in [-0.25, -0.2) is 0 Å². The van der Waals surface area contributed by atoms with E-state index in [0.29, 0.717) is 24.4 Å². The van der Waals surface area contributed by atoms with Gasteiger partial charge < -0.3 is 14.6 Å². The number of hydrogen-bond donors (Lipinski definition) is 2. The number of aromatic nitrogens is 2. The van der Waals surface area contributed by atoms with Crippen LogP contribution < -0.4 is 5.32 Å². The predicted octanol–water partition coefficient (Wildman–Crippen LogP) is 2.70. The first-order valence-corrected chi connectivity index (χ1v) is 8.94. The number of furan rings is 1. The van der Waals surface area contributed by atoms with Crippen molar-refractivity contribution in [1.29, 1.82) is 0 Å². The molecule has 3 heterocycles. The largest absolute Gasteiger partial charge is 0.459 e. The zero-order valence-electron chi connectivity index (χ0n) is 14.7. The molecule has 1 fully saturated rings. The van der Waals surface area contributed by atoms with Crippen molar-refractivity contribution >= 4 is 11.8 Å². The van der Waals surface area contributed by atoms with E-state index >= 15 is 0 Å². The van der Waals surface area contributed by atoms with Crippen LogP contribution in [0.3, 0.4) is 0 Å². The normalized spacial score (nSPS) is 16.9. The highest BCUT2D eigenvalue weighted by atomic mass is 16.3. The van der Waals surface area contributed by atoms with Crippen LogP contribution in [0.4, 0.5) is 0 Å². The van der Waals surface area contributed by atoms with Gasteiger partial charge in [-0.2, -0.15) is 5.10 Å². The summed E-state index contributed by atoms with van der Waals surface area (Å²) in [5.74, 6) is 0.0580. The monoisotopic (exact) mass is 364 g/mol. The summed E-state index contributed by atoms with van der Waals surface area (Å²) in [6.45, 7) is 1.16. The summed E-state index contributed by atoms with van der Waals surface area (Å²) in [7, 11) is 0. The van der Waals surface area contributed by atoms with Gasteiger partial charge in [-0.1, -0.05) is 12.1 Å². The van der Waals surface area contributed by atoms with E-state index in [1.54, 1.807) is 35.4 Å². The number of carbonyl (C=O) groups is 2. The van der Waals surface area contributed by atoms with Crippen LogP contribution in [0.25, 0.3) is 11.3 Å². The van der Waals surface area contributed by atoms with Crippen LogP contribution in [-0.2, 0) is 0 Å². The number of carbonyl (C=O) groups excluding carboxylic acids is 2. The van der Waals surface area contributed by atoms with Crippen molar-refractivity contribution in [2.75, 3.05) is 13.1 Å². The van der Waals surface area contributed by atoms with Gasteiger partial charge in [-0.15, -0.1) is 0 Å². The average molecular weight is 364 g/mol. The molecule has 0 radical (unpaired) electrons. The Bertz CT molecular complexity index is 901. The van der Waals surface area contributed by atoms with Gasteiger partial charge in [0.15, 0.2) is 5.76 Å². The number of H-pyrrole nitrogens is 1. The summed E-state index contributed by atoms with van der Waals surface area (Å²) in [6, 6.07) is 12.5. The van der Waals surface area contributed by atoms with Crippen molar-refractivity contribution in [3.05, 3.63) is 66.2 Å². The molecule has 2 aromatic heterocycles. The lowest BCUT2D eigenvalue weighted by Crippen LogP contribution is -2.49. The first-order valence-electron chi connectivity index (χ1n) is 8.94. The molecule has 3 aromatic rings. The fraction of sp³-hybridized carbons (Fsp3) is 0.250. The Balaban J connectivity index is 1.38. The Labute approximate surface area is 156 Å². The van der Waals surface area contributed by atoms with E-state index in [1.807, 2.05) is 18.2 Å². The number of likely N-dealkylation sites (tertiary alicyclic amines) is 1. The maximum atomic E-state index is 12.6. The maximum absolute atomic E-state index is 12.6. The molecule has 2 N–H and O–H groups in total. The molecule has 0 saturated carbocycles. The predicted molar refractivity (Wildman–Crippen MR) is 99.1 cm³/mol. The van der Waals surface area contributed by atoms with E-state index in [4.69, 9.17) is 4.42 Å². The fourth-order valence-electron chi connectivity index (χ4n) is 3.32. The number of amides is 2. The number of nitrogens with one attached hydrogen (secondary N) is 2. The molecule has 0 aliphatic carbocycles. The molecular formula is C20H20N4O3. The molecule has 1 atom stereocenters. The lowest BCUT2D eigenvalue weighted by Gasteiger charge is -2.32. The molecule has 138 valence electrons. The quantitative estimate of drug-likeness (QED) is 0.745. The SMILES string of the molecule is O=C(N[C@H]1CCCN(C(=O)c2ccco2)C1)c1ccc(-c2ccn[nH]2)cc1. The Morgan fingerprint density at radius 3 is 2.74 bits per heavy atom. The third-order valence-corrected chi connectivity index (χ3v) is 4.73. The molecule has 7 heteroatoms. The second kappa shape index (κ2) is 7.49. The number of rotatable bonds is 4. The minimum Gasteiger partial charge on any atom is -0.459 e. The second-order valence-electron chi connectivity index (χ2n) is 6.59. The van der Waals surface area contributed by atoms with Gasteiger partial charge in [0.05, 0.1) is 12.0 Å². The van der Waals surface area contributed by atoms with Gasteiger partial charge in [0, 0.05) is 30.9 Å². The summed E-state index contributed by atoms with van der Waals surface area (Å²) in [6.07, 6.45) is 4.87. The van der Waals surface area contributed by atoms with Crippen LogP contribution in [0.15, 0.2) is 59.3 Å². The molecule has 4 rings (SSSR count). The van der Waals surface area contributed by atoms with Crippen LogP contribution in [0.1, 0.15) is 33.8 Å². The molecular weight excluding hydrogens is 344 g/mol. The van der Waals surface area contributed by atoms with E-state index in [9.17, 15) is 9.59 Å². The van der Waals surface area contributed by atoms with Crippen molar-refractivity contribution in [2.45, 2.75) is 18.9 Å². The van der Waals surface area contributed by atoms with Crippen LogP contribution >= 0.6 is 0 Å². The number of benzene rings is 1. The standard InChI is InChI=1S/C20H20N4O3/c25-19(15-7-5-14(6-8-15)17-9-10-21-23-17)22-16-3-1-11-24(13-16)20(26)18-4-2-12-27-18/h2,4-10,12,16H,1,3,11,13H2,(H,21,23)(H,22,25)/t16-/m0/s1. The van der Waals surface area contributed by atoms with E-state index in [2.05, 4.69) is 15.5 Å². The van der Waals surface area contributed by atoms with Gasteiger partial charge >= 0.3 is 0 Å². The average Bonchev–Trinajstić information content (AvgIpc) is 3.42. The molecule has 1 saturated heterocycles. The smallest absolute Gasteiger partial charge is 0.289 e. The van der Waals surface area contributed by atoms with Gasteiger partial charge in [0.25, 0.3) is 11.8 Å². The first-order chi connectivity index (χ1) is 13.2. The summed E-state index contributed by atoms with van der Waals surface area (Å²) in [5.41, 5.74) is 2.46. The lowest BCUT2D eigenvalue weighted by molar-refractivity contribution is 0.0647. The Hall–Kier alpha value is -3.35. The number of nitrogens with zero attached hydrogens (tertiary/aromatic N) is 2. The third-order valence-electron chi connectivity index (χ3n) is 4.73. The maximum Gasteiger partial charge on any atom is 0.289 e. The molecule has 0 unspecified atom stereocenters. The highest BCUT2D eigenvalue weighted by Crippen LogP contribution is 2.18. The molecule has 7 nitrogen and oxygen atoms in total. The zero-order chi connectivity index (χ0) is 18.6. The van der Waals surface area contributed by atoms with Crippen molar-refractivity contribution in [1.82, 2.24) is 20.4 Å². The number of piperidine rings is 1. The van der Waals surface area contributed by atoms with Crippen molar-refractivity contribution in [3.63, 3.8) is 0 Å². The van der Waals surface area contributed by atoms with Crippen LogP contribution in [0.5, 0.6) is 0 Å². The highest BCUT2D eigenvalue weighted by Gasteiger charge is 2.27. The van der Waals surface area contributed by atoms with Crippen LogP contribution in [-0.4, -0.2) is 46.0 Å². The van der Waals surface area contributed by atoms with Crippen LogP contribution in [0, 0.1) is 0 Å². The Morgan fingerprint density at radius 2 is 2.04 bits per heavy atom. The summed E-state index contributed by atoms with van der Waals surface area (Å²) >= 11 is 0. The van der Waals surface area contributed by atoms with Gasteiger partial charge in [-0.3, -0.25) is 14.7 Å². The Morgan fingerprint density at radius 1 is 1.19 bits per heavy atom. The second-order valence-corrected chi connectivity index (χ2v) is 6.59. The van der Waals surface area contributed by atoms with E-state index in [1.165, 1.54) is 6.26 Å². The van der Waals surface area contributed by atoms with Crippen LogP contribution in [0.2, 0.25) is 0 Å². The van der Waals surface area contributed by atoms with Crippen molar-refractivity contribution < 1.29 is 14.0 Å². The lowest BCUT2D eigenvalue weighted by atomic mass is 10.0. The molecule has 2 amide bonds. The first kappa shape index (κ1) is 17.1. The molecule has 0 spiro atoms. The fourth-order valence-corrected chi connectivity index (χ4v) is 3.32. The van der Waals surface area contributed by atoms with E-state index in [-0.39, 0.29) is 17.9 Å². The van der Waals surface area contributed by atoms with Crippen molar-refractivity contribution in [3.8, 4) is 11.3 Å². The Kier molecular flexibility index (Phi) is 4.74. The van der Waals surface area contributed by atoms with Gasteiger partial charge in [0.2, 0.25) is 0 Å². The summed E-state index contributed by atoms with van der Waals surface area (Å²) in [5, 5.41) is 9.87. The minimum atomic E-state index is -0.136. The van der Waals surface area contributed by atoms with E-state index < -0.39 is 0 Å². The third kappa shape index (κ3) is 3.76. The van der Waals surface area contributed by atoms with Gasteiger partial charge in [-0.05, 0) is 48.7 Å².